The molecule has 0 fully saturated rings. The first-order valence-corrected chi connectivity index (χ1v) is 6.13. The molecule has 1 atom stereocenters. The minimum atomic E-state index is -1.33. The van der Waals surface area contributed by atoms with E-state index >= 15 is 0 Å². The SMILES string of the molecule is CC1=C(C#CC(C)(O)CC=O)C(C)(C)CCC1=O. The van der Waals surface area contributed by atoms with Gasteiger partial charge in [0.05, 0.1) is 0 Å². The zero-order chi connectivity index (χ0) is 14.0. The van der Waals surface area contributed by atoms with Crippen molar-refractivity contribution in [2.75, 3.05) is 0 Å². The van der Waals surface area contributed by atoms with Gasteiger partial charge >= 0.3 is 0 Å². The van der Waals surface area contributed by atoms with Gasteiger partial charge in [-0.15, -0.1) is 0 Å². The zero-order valence-electron chi connectivity index (χ0n) is 11.5. The summed E-state index contributed by atoms with van der Waals surface area (Å²) >= 11 is 0. The summed E-state index contributed by atoms with van der Waals surface area (Å²) in [7, 11) is 0. The maximum Gasteiger partial charge on any atom is 0.159 e. The van der Waals surface area contributed by atoms with Crippen molar-refractivity contribution >= 4 is 12.1 Å². The van der Waals surface area contributed by atoms with Crippen LogP contribution >= 0.6 is 0 Å². The number of carbonyl (C=O) groups excluding carboxylic acids is 2. The lowest BCUT2D eigenvalue weighted by Gasteiger charge is -2.30. The van der Waals surface area contributed by atoms with Gasteiger partial charge in [-0.05, 0) is 25.7 Å². The average Bonchev–Trinajstić information content (AvgIpc) is 2.23. The van der Waals surface area contributed by atoms with Crippen molar-refractivity contribution in [2.24, 2.45) is 5.41 Å². The smallest absolute Gasteiger partial charge is 0.159 e. The van der Waals surface area contributed by atoms with E-state index < -0.39 is 5.60 Å². The summed E-state index contributed by atoms with van der Waals surface area (Å²) in [6.07, 6.45) is 1.94. The third kappa shape index (κ3) is 3.30. The van der Waals surface area contributed by atoms with Crippen LogP contribution in [0, 0.1) is 17.3 Å². The summed E-state index contributed by atoms with van der Waals surface area (Å²) in [6, 6.07) is 0. The molecule has 98 valence electrons. The fourth-order valence-electron chi connectivity index (χ4n) is 2.06. The average molecular weight is 248 g/mol. The van der Waals surface area contributed by atoms with Crippen LogP contribution in [0.15, 0.2) is 11.1 Å². The first kappa shape index (κ1) is 14.7. The Balaban J connectivity index is 3.14. The molecule has 1 unspecified atom stereocenters. The Hall–Kier alpha value is -1.40. The highest BCUT2D eigenvalue weighted by Gasteiger charge is 2.31. The van der Waals surface area contributed by atoms with Crippen molar-refractivity contribution < 1.29 is 14.7 Å². The predicted octanol–water partition coefficient (Wildman–Crippen LogP) is 2.04. The number of hydrogen-bond acceptors (Lipinski definition) is 3. The molecule has 0 amide bonds. The van der Waals surface area contributed by atoms with Crippen LogP contribution in [0.25, 0.3) is 0 Å². The molecule has 0 radical (unpaired) electrons. The normalized spacial score (nSPS) is 21.9. The summed E-state index contributed by atoms with van der Waals surface area (Å²) in [4.78, 5) is 22.1. The second kappa shape index (κ2) is 5.07. The third-order valence-electron chi connectivity index (χ3n) is 3.38. The molecule has 0 aromatic heterocycles. The highest BCUT2D eigenvalue weighted by molar-refractivity contribution is 5.97. The van der Waals surface area contributed by atoms with E-state index in [-0.39, 0.29) is 17.6 Å². The lowest BCUT2D eigenvalue weighted by atomic mass is 9.72. The van der Waals surface area contributed by atoms with Crippen LogP contribution < -0.4 is 0 Å². The second-order valence-corrected chi connectivity index (χ2v) is 5.70. The summed E-state index contributed by atoms with van der Waals surface area (Å²) in [5.41, 5.74) is -0.0148. The maximum absolute atomic E-state index is 11.7. The molecule has 0 aromatic rings. The molecule has 0 aromatic carbocycles. The third-order valence-corrected chi connectivity index (χ3v) is 3.38. The molecule has 18 heavy (non-hydrogen) atoms. The van der Waals surface area contributed by atoms with Crippen molar-refractivity contribution in [3.8, 4) is 11.8 Å². The Morgan fingerprint density at radius 1 is 1.50 bits per heavy atom. The second-order valence-electron chi connectivity index (χ2n) is 5.70. The monoisotopic (exact) mass is 248 g/mol. The Kier molecular flexibility index (Phi) is 4.13. The quantitative estimate of drug-likeness (QED) is 0.601. The van der Waals surface area contributed by atoms with Crippen LogP contribution in [0.4, 0.5) is 0 Å². The lowest BCUT2D eigenvalue weighted by molar-refractivity contribution is -0.116. The van der Waals surface area contributed by atoms with Crippen LogP contribution in [0.2, 0.25) is 0 Å². The molecule has 1 N–H and O–H groups in total. The van der Waals surface area contributed by atoms with E-state index in [1.54, 1.807) is 6.92 Å². The van der Waals surface area contributed by atoms with Crippen molar-refractivity contribution in [1.29, 1.82) is 0 Å². The number of rotatable bonds is 2. The fraction of sp³-hybridized carbons (Fsp3) is 0.600. The van der Waals surface area contributed by atoms with E-state index in [9.17, 15) is 14.7 Å². The number of hydrogen-bond donors (Lipinski definition) is 1. The molecular weight excluding hydrogens is 228 g/mol. The Morgan fingerprint density at radius 2 is 2.11 bits per heavy atom. The molecule has 0 saturated heterocycles. The van der Waals surface area contributed by atoms with Gasteiger partial charge in [0.25, 0.3) is 0 Å². The van der Waals surface area contributed by atoms with Gasteiger partial charge in [0, 0.05) is 24.0 Å². The van der Waals surface area contributed by atoms with E-state index in [0.29, 0.717) is 18.3 Å². The Morgan fingerprint density at radius 3 is 2.67 bits per heavy atom. The molecule has 0 aliphatic heterocycles. The molecule has 1 aliphatic carbocycles. The van der Waals surface area contributed by atoms with Gasteiger partial charge in [0.15, 0.2) is 5.78 Å². The molecule has 3 nitrogen and oxygen atoms in total. The number of allylic oxidation sites excluding steroid dienone is 2. The van der Waals surface area contributed by atoms with Crippen LogP contribution in [0.1, 0.15) is 47.0 Å². The number of ketones is 1. The first-order valence-electron chi connectivity index (χ1n) is 6.13. The number of carbonyl (C=O) groups is 2. The van der Waals surface area contributed by atoms with E-state index in [0.717, 1.165) is 12.0 Å². The molecular formula is C15H20O3. The summed E-state index contributed by atoms with van der Waals surface area (Å²) < 4.78 is 0. The van der Waals surface area contributed by atoms with Crippen molar-refractivity contribution in [3.63, 3.8) is 0 Å². The molecule has 0 bridgehead atoms. The van der Waals surface area contributed by atoms with Crippen LogP contribution in [-0.2, 0) is 9.59 Å². The molecule has 0 saturated carbocycles. The summed E-state index contributed by atoms with van der Waals surface area (Å²) in [5, 5.41) is 9.86. The first-order chi connectivity index (χ1) is 8.19. The van der Waals surface area contributed by atoms with Gasteiger partial charge in [-0.3, -0.25) is 4.79 Å². The number of Topliss-reactive ketones (excluding diaryl/α,β-unsaturated/α-hetero) is 1. The van der Waals surface area contributed by atoms with E-state index in [1.807, 2.05) is 13.8 Å². The molecule has 0 heterocycles. The van der Waals surface area contributed by atoms with Gasteiger partial charge in [-0.25, -0.2) is 0 Å². The highest BCUT2D eigenvalue weighted by atomic mass is 16.3. The Labute approximate surface area is 108 Å². The minimum absolute atomic E-state index is 0.0271. The molecule has 0 spiro atoms. The largest absolute Gasteiger partial charge is 0.377 e. The zero-order valence-corrected chi connectivity index (χ0v) is 11.5. The fourth-order valence-corrected chi connectivity index (χ4v) is 2.06. The van der Waals surface area contributed by atoms with Gasteiger partial charge < -0.3 is 9.90 Å². The molecule has 3 heteroatoms. The van der Waals surface area contributed by atoms with Gasteiger partial charge in [0.2, 0.25) is 0 Å². The topological polar surface area (TPSA) is 54.4 Å². The van der Waals surface area contributed by atoms with E-state index in [4.69, 9.17) is 0 Å². The number of aliphatic hydroxyl groups is 1. The van der Waals surface area contributed by atoms with Gasteiger partial charge in [-0.1, -0.05) is 25.7 Å². The highest BCUT2D eigenvalue weighted by Crippen LogP contribution is 2.38. The van der Waals surface area contributed by atoms with Crippen molar-refractivity contribution in [1.82, 2.24) is 0 Å². The van der Waals surface area contributed by atoms with Crippen LogP contribution in [-0.4, -0.2) is 22.8 Å². The summed E-state index contributed by atoms with van der Waals surface area (Å²) in [5.74, 6) is 5.74. The predicted molar refractivity (Wildman–Crippen MR) is 69.8 cm³/mol. The standard InChI is InChI=1S/C15H20O3/c1-11-12(5-8-15(4,18)9-10-16)14(2,3)7-6-13(11)17/h10,18H,6-7,9H2,1-4H3. The van der Waals surface area contributed by atoms with Gasteiger partial charge in [0.1, 0.15) is 11.9 Å². The van der Waals surface area contributed by atoms with E-state index in [1.165, 1.54) is 6.92 Å². The van der Waals surface area contributed by atoms with Crippen molar-refractivity contribution in [2.45, 2.75) is 52.6 Å². The van der Waals surface area contributed by atoms with Crippen LogP contribution in [0.3, 0.4) is 0 Å². The number of aldehydes is 1. The van der Waals surface area contributed by atoms with Crippen molar-refractivity contribution in [3.05, 3.63) is 11.1 Å². The summed E-state index contributed by atoms with van der Waals surface area (Å²) in [6.45, 7) is 7.37. The molecule has 1 aliphatic rings. The maximum atomic E-state index is 11.7. The van der Waals surface area contributed by atoms with Gasteiger partial charge in [-0.2, -0.15) is 0 Å². The van der Waals surface area contributed by atoms with E-state index in [2.05, 4.69) is 11.8 Å². The minimum Gasteiger partial charge on any atom is -0.377 e. The Bertz CT molecular complexity index is 456. The van der Waals surface area contributed by atoms with Crippen LogP contribution in [0.5, 0.6) is 0 Å². The molecule has 1 rings (SSSR count). The lowest BCUT2D eigenvalue weighted by Crippen LogP contribution is -2.26.